The van der Waals surface area contributed by atoms with Gasteiger partial charge in [-0.25, -0.2) is 0 Å². The van der Waals surface area contributed by atoms with E-state index in [1.54, 1.807) is 30.5 Å². The van der Waals surface area contributed by atoms with E-state index in [1.165, 1.54) is 0 Å². The highest BCUT2D eigenvalue weighted by atomic mass is 16.2. The highest BCUT2D eigenvalue weighted by Gasteiger charge is 2.23. The second kappa shape index (κ2) is 6.88. The number of carbonyl (C=O) groups is 1. The third-order valence-electron chi connectivity index (χ3n) is 3.95. The van der Waals surface area contributed by atoms with Crippen LogP contribution in [-0.4, -0.2) is 40.1 Å². The van der Waals surface area contributed by atoms with Crippen LogP contribution in [0.2, 0.25) is 0 Å². The van der Waals surface area contributed by atoms with Gasteiger partial charge in [0.1, 0.15) is 5.82 Å². The molecule has 3 rings (SSSR count). The summed E-state index contributed by atoms with van der Waals surface area (Å²) in [5.41, 5.74) is 1.08. The zero-order valence-electron chi connectivity index (χ0n) is 12.6. The second-order valence-corrected chi connectivity index (χ2v) is 5.51. The lowest BCUT2D eigenvalue weighted by molar-refractivity contribution is 0.0718. The van der Waals surface area contributed by atoms with Crippen LogP contribution in [0.15, 0.2) is 42.6 Å². The number of hydrogen-bond acceptors (Lipinski definition) is 5. The molecule has 0 bridgehead atoms. The number of hydrogen-bond donors (Lipinski definition) is 1. The maximum atomic E-state index is 12.5. The Bertz CT molecular complexity index is 717. The Balaban J connectivity index is 1.58. The van der Waals surface area contributed by atoms with Gasteiger partial charge in [0.2, 0.25) is 0 Å². The van der Waals surface area contributed by atoms with E-state index in [1.807, 2.05) is 17.0 Å². The van der Waals surface area contributed by atoms with Crippen molar-refractivity contribution in [2.75, 3.05) is 18.4 Å². The van der Waals surface area contributed by atoms with Crippen LogP contribution in [0.3, 0.4) is 0 Å². The van der Waals surface area contributed by atoms with Gasteiger partial charge in [-0.2, -0.15) is 10.4 Å². The first-order chi connectivity index (χ1) is 11.3. The quantitative estimate of drug-likeness (QED) is 0.938. The van der Waals surface area contributed by atoms with Crippen molar-refractivity contribution < 1.29 is 4.79 Å². The molecule has 6 heteroatoms. The van der Waals surface area contributed by atoms with E-state index < -0.39 is 0 Å². The molecule has 0 atom stereocenters. The monoisotopic (exact) mass is 307 g/mol. The van der Waals surface area contributed by atoms with Gasteiger partial charge in [0.25, 0.3) is 5.91 Å². The van der Waals surface area contributed by atoms with Crippen molar-refractivity contribution in [3.63, 3.8) is 0 Å². The molecule has 116 valence electrons. The van der Waals surface area contributed by atoms with Gasteiger partial charge in [-0.05, 0) is 43.2 Å². The van der Waals surface area contributed by atoms with Crippen LogP contribution in [0.25, 0.3) is 0 Å². The SMILES string of the molecule is N#Cc1cccc(C(=O)N2CCC(Nc3cccnn3)CC2)c1. The highest BCUT2D eigenvalue weighted by molar-refractivity contribution is 5.94. The molecule has 2 heterocycles. The number of nitriles is 1. The first-order valence-electron chi connectivity index (χ1n) is 7.60. The summed E-state index contributed by atoms with van der Waals surface area (Å²) in [6.45, 7) is 1.38. The largest absolute Gasteiger partial charge is 0.366 e. The fraction of sp³-hybridized carbons (Fsp3) is 0.294. The van der Waals surface area contributed by atoms with Crippen molar-refractivity contribution in [2.24, 2.45) is 0 Å². The van der Waals surface area contributed by atoms with E-state index in [2.05, 4.69) is 21.6 Å². The number of benzene rings is 1. The minimum atomic E-state index is -0.0138. The normalized spacial score (nSPS) is 15.0. The summed E-state index contributed by atoms with van der Waals surface area (Å²) >= 11 is 0. The van der Waals surface area contributed by atoms with Crippen molar-refractivity contribution in [3.8, 4) is 6.07 Å². The molecule has 1 aliphatic rings. The smallest absolute Gasteiger partial charge is 0.253 e. The summed E-state index contributed by atoms with van der Waals surface area (Å²) in [4.78, 5) is 14.3. The molecule has 0 aliphatic carbocycles. The predicted octanol–water partition coefficient (Wildman–Crippen LogP) is 2.06. The maximum Gasteiger partial charge on any atom is 0.253 e. The molecule has 1 aromatic heterocycles. The molecule has 2 aromatic rings. The zero-order chi connectivity index (χ0) is 16.1. The van der Waals surface area contributed by atoms with Crippen LogP contribution in [-0.2, 0) is 0 Å². The summed E-state index contributed by atoms with van der Waals surface area (Å²) < 4.78 is 0. The summed E-state index contributed by atoms with van der Waals surface area (Å²) in [6.07, 6.45) is 3.36. The van der Waals surface area contributed by atoms with E-state index in [9.17, 15) is 4.79 Å². The van der Waals surface area contributed by atoms with E-state index in [-0.39, 0.29) is 5.91 Å². The average molecular weight is 307 g/mol. The average Bonchev–Trinajstić information content (AvgIpc) is 2.63. The van der Waals surface area contributed by atoms with E-state index >= 15 is 0 Å². The van der Waals surface area contributed by atoms with E-state index in [0.29, 0.717) is 30.3 Å². The molecule has 0 saturated carbocycles. The second-order valence-electron chi connectivity index (χ2n) is 5.51. The summed E-state index contributed by atoms with van der Waals surface area (Å²) in [7, 11) is 0. The lowest BCUT2D eigenvalue weighted by Gasteiger charge is -2.32. The van der Waals surface area contributed by atoms with Gasteiger partial charge < -0.3 is 10.2 Å². The van der Waals surface area contributed by atoms with Crippen molar-refractivity contribution in [3.05, 3.63) is 53.7 Å². The Hall–Kier alpha value is -2.94. The topological polar surface area (TPSA) is 81.9 Å². The Morgan fingerprint density at radius 1 is 1.26 bits per heavy atom. The fourth-order valence-corrected chi connectivity index (χ4v) is 2.72. The van der Waals surface area contributed by atoms with Gasteiger partial charge in [0.15, 0.2) is 0 Å². The fourth-order valence-electron chi connectivity index (χ4n) is 2.72. The molecule has 0 spiro atoms. The van der Waals surface area contributed by atoms with Crippen LogP contribution in [0.4, 0.5) is 5.82 Å². The van der Waals surface area contributed by atoms with E-state index in [4.69, 9.17) is 5.26 Å². The summed E-state index contributed by atoms with van der Waals surface area (Å²) in [5, 5.41) is 20.1. The van der Waals surface area contributed by atoms with Crippen LogP contribution in [0.1, 0.15) is 28.8 Å². The summed E-state index contributed by atoms with van der Waals surface area (Å²) in [6, 6.07) is 12.9. The molecule has 6 nitrogen and oxygen atoms in total. The Labute approximate surface area is 134 Å². The van der Waals surface area contributed by atoms with Crippen LogP contribution < -0.4 is 5.32 Å². The van der Waals surface area contributed by atoms with Gasteiger partial charge >= 0.3 is 0 Å². The van der Waals surface area contributed by atoms with Gasteiger partial charge in [-0.15, -0.1) is 5.10 Å². The van der Waals surface area contributed by atoms with Crippen molar-refractivity contribution in [1.29, 1.82) is 5.26 Å². The molecule has 1 aromatic carbocycles. The molecular weight excluding hydrogens is 290 g/mol. The lowest BCUT2D eigenvalue weighted by atomic mass is 10.0. The molecule has 0 unspecified atom stereocenters. The number of nitrogens with one attached hydrogen (secondary N) is 1. The van der Waals surface area contributed by atoms with Crippen LogP contribution in [0, 0.1) is 11.3 Å². The highest BCUT2D eigenvalue weighted by Crippen LogP contribution is 2.17. The minimum Gasteiger partial charge on any atom is -0.366 e. The minimum absolute atomic E-state index is 0.0138. The summed E-state index contributed by atoms with van der Waals surface area (Å²) in [5.74, 6) is 0.749. The number of likely N-dealkylation sites (tertiary alicyclic amines) is 1. The number of carbonyl (C=O) groups excluding carboxylic acids is 1. The molecule has 0 radical (unpaired) electrons. The maximum absolute atomic E-state index is 12.5. The third kappa shape index (κ3) is 3.64. The molecule has 1 amide bonds. The number of amides is 1. The van der Waals surface area contributed by atoms with Crippen LogP contribution >= 0.6 is 0 Å². The van der Waals surface area contributed by atoms with Crippen molar-refractivity contribution >= 4 is 11.7 Å². The number of nitrogens with zero attached hydrogens (tertiary/aromatic N) is 4. The number of rotatable bonds is 3. The van der Waals surface area contributed by atoms with Crippen molar-refractivity contribution in [1.82, 2.24) is 15.1 Å². The standard InChI is InChI=1S/C17H17N5O/c18-12-13-3-1-4-14(11-13)17(23)22-9-6-15(7-10-22)20-16-5-2-8-19-21-16/h1-5,8,11,15H,6-7,9-10H2,(H,20,21). The molecule has 23 heavy (non-hydrogen) atoms. The first-order valence-corrected chi connectivity index (χ1v) is 7.60. The lowest BCUT2D eigenvalue weighted by Crippen LogP contribution is -2.42. The predicted molar refractivity (Wildman–Crippen MR) is 85.7 cm³/mol. The van der Waals surface area contributed by atoms with Gasteiger partial charge in [-0.3, -0.25) is 4.79 Å². The Kier molecular flexibility index (Phi) is 4.48. The molecule has 1 N–H and O–H groups in total. The molecule has 1 saturated heterocycles. The molecular formula is C17H17N5O. The number of aromatic nitrogens is 2. The Morgan fingerprint density at radius 2 is 2.09 bits per heavy atom. The van der Waals surface area contributed by atoms with E-state index in [0.717, 1.165) is 18.7 Å². The van der Waals surface area contributed by atoms with Crippen molar-refractivity contribution in [2.45, 2.75) is 18.9 Å². The zero-order valence-corrected chi connectivity index (χ0v) is 12.6. The van der Waals surface area contributed by atoms with Gasteiger partial charge in [-0.1, -0.05) is 6.07 Å². The Morgan fingerprint density at radius 3 is 2.78 bits per heavy atom. The van der Waals surface area contributed by atoms with Gasteiger partial charge in [0, 0.05) is 30.9 Å². The molecule has 1 aliphatic heterocycles. The van der Waals surface area contributed by atoms with Gasteiger partial charge in [0.05, 0.1) is 11.6 Å². The molecule has 1 fully saturated rings. The first kappa shape index (κ1) is 15.0. The van der Waals surface area contributed by atoms with Crippen LogP contribution in [0.5, 0.6) is 0 Å². The number of anilines is 1. The third-order valence-corrected chi connectivity index (χ3v) is 3.95. The number of piperidine rings is 1.